The van der Waals surface area contributed by atoms with Crippen LogP contribution in [-0.4, -0.2) is 24.5 Å². The minimum Gasteiger partial charge on any atom is -0.303 e. The first-order chi connectivity index (χ1) is 13.2. The van der Waals surface area contributed by atoms with E-state index < -0.39 is 0 Å². The highest BCUT2D eigenvalue weighted by atomic mass is 15.1. The Morgan fingerprint density at radius 3 is 2.52 bits per heavy atom. The number of allylic oxidation sites excluding steroid dienone is 2. The first kappa shape index (κ1) is 19.2. The first-order valence-electron chi connectivity index (χ1n) is 11.7. The Bertz CT molecular complexity index is 633. The fraction of sp³-hybridized carbons (Fsp3) is 0.692. The van der Waals surface area contributed by atoms with E-state index in [4.69, 9.17) is 0 Å². The number of nitrogens with zero attached hydrogens (tertiary/aromatic N) is 1. The van der Waals surface area contributed by atoms with E-state index in [1.807, 2.05) is 0 Å². The molecule has 1 nitrogen and oxygen atoms in total. The van der Waals surface area contributed by atoms with Crippen LogP contribution >= 0.6 is 0 Å². The quantitative estimate of drug-likeness (QED) is 0.505. The molecule has 1 aliphatic heterocycles. The number of hydrogen-bond donors (Lipinski definition) is 0. The minimum atomic E-state index is 0.880. The van der Waals surface area contributed by atoms with Gasteiger partial charge in [-0.1, -0.05) is 49.6 Å². The van der Waals surface area contributed by atoms with Crippen LogP contribution in [0, 0.1) is 17.8 Å². The molecular formula is C26H39N. The van der Waals surface area contributed by atoms with Gasteiger partial charge in [0.25, 0.3) is 0 Å². The van der Waals surface area contributed by atoms with E-state index in [0.717, 1.165) is 17.8 Å². The molecule has 4 rings (SSSR count). The smallest absolute Gasteiger partial charge is 0.00162 e. The molecule has 2 unspecified atom stereocenters. The second-order valence-electron chi connectivity index (χ2n) is 9.77. The molecule has 0 amide bonds. The average Bonchev–Trinajstić information content (AvgIpc) is 2.70. The normalized spacial score (nSPS) is 27.2. The van der Waals surface area contributed by atoms with Crippen molar-refractivity contribution in [1.29, 1.82) is 0 Å². The fourth-order valence-electron chi connectivity index (χ4n) is 5.73. The third-order valence-corrected chi connectivity index (χ3v) is 7.73. The molecule has 0 N–H and O–H groups in total. The molecule has 1 aromatic rings. The van der Waals surface area contributed by atoms with Gasteiger partial charge in [-0.25, -0.2) is 0 Å². The van der Waals surface area contributed by atoms with Crippen LogP contribution in [0.2, 0.25) is 0 Å². The lowest BCUT2D eigenvalue weighted by Gasteiger charge is -2.37. The third kappa shape index (κ3) is 4.86. The third-order valence-electron chi connectivity index (χ3n) is 7.73. The molecule has 0 spiro atoms. The highest BCUT2D eigenvalue weighted by Gasteiger charge is 2.30. The Morgan fingerprint density at radius 2 is 1.74 bits per heavy atom. The van der Waals surface area contributed by atoms with Gasteiger partial charge in [-0.05, 0) is 112 Å². The van der Waals surface area contributed by atoms with Gasteiger partial charge < -0.3 is 4.90 Å². The van der Waals surface area contributed by atoms with Crippen molar-refractivity contribution in [1.82, 2.24) is 4.90 Å². The summed E-state index contributed by atoms with van der Waals surface area (Å²) in [6, 6.07) is 9.65. The van der Waals surface area contributed by atoms with Crippen LogP contribution in [-0.2, 0) is 6.42 Å². The van der Waals surface area contributed by atoms with Gasteiger partial charge in [0.05, 0.1) is 0 Å². The van der Waals surface area contributed by atoms with E-state index >= 15 is 0 Å². The van der Waals surface area contributed by atoms with E-state index in [9.17, 15) is 0 Å². The van der Waals surface area contributed by atoms with Gasteiger partial charge >= 0.3 is 0 Å². The van der Waals surface area contributed by atoms with Crippen molar-refractivity contribution in [3.8, 4) is 0 Å². The summed E-state index contributed by atoms with van der Waals surface area (Å²) in [6.45, 7) is 8.77. The van der Waals surface area contributed by atoms with Crippen LogP contribution in [0.4, 0.5) is 0 Å². The van der Waals surface area contributed by atoms with Crippen LogP contribution in [0.5, 0.6) is 0 Å². The Hall–Kier alpha value is -1.08. The van der Waals surface area contributed by atoms with Gasteiger partial charge in [-0.15, -0.1) is 0 Å². The van der Waals surface area contributed by atoms with Gasteiger partial charge in [0.1, 0.15) is 0 Å². The fourth-order valence-corrected chi connectivity index (χ4v) is 5.73. The van der Waals surface area contributed by atoms with Crippen LogP contribution in [0.25, 0.3) is 5.57 Å². The molecule has 2 atom stereocenters. The summed E-state index contributed by atoms with van der Waals surface area (Å²) in [5, 5.41) is 0. The summed E-state index contributed by atoms with van der Waals surface area (Å²) in [4.78, 5) is 2.68. The zero-order valence-corrected chi connectivity index (χ0v) is 17.7. The Balaban J connectivity index is 1.27. The zero-order chi connectivity index (χ0) is 18.6. The topological polar surface area (TPSA) is 3.24 Å². The van der Waals surface area contributed by atoms with Crippen LogP contribution in [0.3, 0.4) is 0 Å². The van der Waals surface area contributed by atoms with Crippen molar-refractivity contribution in [2.24, 2.45) is 17.8 Å². The van der Waals surface area contributed by atoms with Crippen molar-refractivity contribution in [3.63, 3.8) is 0 Å². The lowest BCUT2D eigenvalue weighted by Crippen LogP contribution is -2.33. The summed E-state index contributed by atoms with van der Waals surface area (Å²) >= 11 is 0. The molecule has 2 bridgehead atoms. The van der Waals surface area contributed by atoms with Crippen LogP contribution in [0.1, 0.15) is 82.8 Å². The monoisotopic (exact) mass is 365 g/mol. The Labute approximate surface area is 167 Å². The first-order valence-corrected chi connectivity index (χ1v) is 11.7. The lowest BCUT2D eigenvalue weighted by atomic mass is 9.68. The minimum absolute atomic E-state index is 0.880. The summed E-state index contributed by atoms with van der Waals surface area (Å²) in [5.41, 5.74) is 6.42. The predicted molar refractivity (Wildman–Crippen MR) is 117 cm³/mol. The molecular weight excluding hydrogens is 326 g/mol. The molecule has 2 aliphatic carbocycles. The molecule has 1 saturated heterocycles. The number of benzene rings is 1. The molecule has 1 saturated carbocycles. The van der Waals surface area contributed by atoms with Gasteiger partial charge in [0, 0.05) is 0 Å². The van der Waals surface area contributed by atoms with Gasteiger partial charge in [0.15, 0.2) is 0 Å². The molecule has 2 fully saturated rings. The molecule has 27 heavy (non-hydrogen) atoms. The van der Waals surface area contributed by atoms with Gasteiger partial charge in [-0.3, -0.25) is 0 Å². The maximum Gasteiger partial charge on any atom is -0.00162 e. The predicted octanol–water partition coefficient (Wildman–Crippen LogP) is 6.72. The molecule has 1 aromatic carbocycles. The van der Waals surface area contributed by atoms with Crippen molar-refractivity contribution < 1.29 is 0 Å². The van der Waals surface area contributed by atoms with E-state index in [2.05, 4.69) is 43.0 Å². The number of aryl methyl sites for hydroxylation is 1. The zero-order valence-electron chi connectivity index (χ0n) is 17.7. The second kappa shape index (κ2) is 8.95. The second-order valence-corrected chi connectivity index (χ2v) is 9.77. The summed E-state index contributed by atoms with van der Waals surface area (Å²) in [7, 11) is 0. The van der Waals surface area contributed by atoms with Crippen molar-refractivity contribution in [2.45, 2.75) is 78.1 Å². The van der Waals surface area contributed by atoms with Crippen LogP contribution in [0.15, 0.2) is 29.8 Å². The maximum atomic E-state index is 2.68. The van der Waals surface area contributed by atoms with Gasteiger partial charge in [-0.2, -0.15) is 0 Å². The molecule has 0 radical (unpaired) electrons. The molecule has 0 aromatic heterocycles. The SMILES string of the molecule is CC1=C(c2ccc(CCCCN3CCC(C)CC3)cc2)CC2CCCC1C2. The van der Waals surface area contributed by atoms with E-state index in [-0.39, 0.29) is 0 Å². The lowest BCUT2D eigenvalue weighted by molar-refractivity contribution is 0.189. The van der Waals surface area contributed by atoms with E-state index in [1.54, 1.807) is 11.1 Å². The van der Waals surface area contributed by atoms with Crippen molar-refractivity contribution in [2.75, 3.05) is 19.6 Å². The molecule has 1 heteroatoms. The number of piperidine rings is 1. The Morgan fingerprint density at radius 1 is 0.963 bits per heavy atom. The van der Waals surface area contributed by atoms with Crippen molar-refractivity contribution >= 4 is 5.57 Å². The molecule has 3 aliphatic rings. The number of fused-ring (bicyclic) bond motifs is 2. The number of hydrogen-bond acceptors (Lipinski definition) is 1. The Kier molecular flexibility index (Phi) is 6.38. The summed E-state index contributed by atoms with van der Waals surface area (Å²) < 4.78 is 0. The van der Waals surface area contributed by atoms with Crippen LogP contribution < -0.4 is 0 Å². The molecule has 148 valence electrons. The number of rotatable bonds is 6. The highest BCUT2D eigenvalue weighted by molar-refractivity contribution is 5.70. The average molecular weight is 366 g/mol. The maximum absolute atomic E-state index is 2.68. The number of likely N-dealkylation sites (tertiary alicyclic amines) is 1. The standard InChI is InChI=1S/C26H39N/c1-20-13-16-27(17-14-20)15-4-3-6-22-9-11-24(12-10-22)26-19-23-7-5-8-25(18-23)21(26)2/h9-12,20,23,25H,3-8,13-19H2,1-2H3. The van der Waals surface area contributed by atoms with Gasteiger partial charge in [0.2, 0.25) is 0 Å². The van der Waals surface area contributed by atoms with Crippen molar-refractivity contribution in [3.05, 3.63) is 41.0 Å². The highest BCUT2D eigenvalue weighted by Crippen LogP contribution is 2.46. The largest absolute Gasteiger partial charge is 0.303 e. The summed E-state index contributed by atoms with van der Waals surface area (Å²) in [6.07, 6.45) is 13.9. The molecule has 1 heterocycles. The van der Waals surface area contributed by atoms with E-state index in [1.165, 1.54) is 95.0 Å². The van der Waals surface area contributed by atoms with E-state index in [0.29, 0.717) is 0 Å². The summed E-state index contributed by atoms with van der Waals surface area (Å²) in [5.74, 6) is 2.78. The number of unbranched alkanes of at least 4 members (excludes halogenated alkanes) is 1.